The lowest BCUT2D eigenvalue weighted by molar-refractivity contribution is -0.127. The summed E-state index contributed by atoms with van der Waals surface area (Å²) in [5.41, 5.74) is 3.17. The van der Waals surface area contributed by atoms with Crippen LogP contribution in [0.25, 0.3) is 83.2 Å². The maximum Gasteiger partial charge on any atom is 0.354 e. The summed E-state index contributed by atoms with van der Waals surface area (Å²) in [6.45, 7) is 31.5. The predicted molar refractivity (Wildman–Crippen MR) is 474 cm³/mol. The second kappa shape index (κ2) is 33.9. The van der Waals surface area contributed by atoms with Gasteiger partial charge in [-0.25, -0.2) is 40.7 Å². The SMILES string of the molecule is C=CC(=O)N1CCN2c3nc(=O)n(-c4c(C)ccnc4C(C)C)c4cc(-c5c(O)cccc5F)c(F)c(c34)N(C)CC2C1.C=CC(=O)N1CCN2c3nc(=O)n(-c4c(C)ccnc4C(C)C)c4cc(-c5c(O)cccc5F)c(F)c(c34)NCC2C1.C=CC(=O)N1CCN2c3nc(=O)n(-c4c(C)ccnc4C(C)C)c4cc(-c5c(O)cccc5F)c(F)c(c34)OCC2C1. The van der Waals surface area contributed by atoms with E-state index in [2.05, 4.69) is 55.0 Å². The molecule has 0 radical (unpaired) electrons. The largest absolute Gasteiger partial charge is 0.507 e. The Morgan fingerprint density at radius 1 is 0.457 bits per heavy atom. The first-order chi connectivity index (χ1) is 60.8. The lowest BCUT2D eigenvalue weighted by Crippen LogP contribution is -2.57. The Kier molecular flexibility index (Phi) is 23.0. The van der Waals surface area contributed by atoms with Gasteiger partial charge in [0.1, 0.15) is 58.8 Å². The van der Waals surface area contributed by atoms with E-state index < -0.39 is 75.3 Å². The lowest BCUT2D eigenvalue weighted by Gasteiger charge is -2.41. The number of pyridine rings is 3. The quantitative estimate of drug-likeness (QED) is 0.0652. The molecule has 6 aliphatic rings. The number of likely N-dealkylation sites (N-methyl/N-ethyl adjacent to an activating group) is 1. The molecule has 654 valence electrons. The molecule has 3 amide bonds. The van der Waals surface area contributed by atoms with Crippen LogP contribution < -0.4 is 46.7 Å². The van der Waals surface area contributed by atoms with E-state index in [1.807, 2.05) is 77.0 Å². The van der Waals surface area contributed by atoms with Crippen molar-refractivity contribution in [1.82, 2.24) is 58.3 Å². The maximum absolute atomic E-state index is 16.8. The van der Waals surface area contributed by atoms with Crippen molar-refractivity contribution in [3.05, 3.63) is 248 Å². The van der Waals surface area contributed by atoms with Crippen LogP contribution in [-0.4, -0.2) is 195 Å². The summed E-state index contributed by atoms with van der Waals surface area (Å²) in [5.74, 6) is -6.56. The van der Waals surface area contributed by atoms with Crippen molar-refractivity contribution in [2.24, 2.45) is 0 Å². The van der Waals surface area contributed by atoms with Gasteiger partial charge in [0, 0.05) is 114 Å². The first-order valence-electron chi connectivity index (χ1n) is 41.6. The molecule has 18 rings (SSSR count). The van der Waals surface area contributed by atoms with Gasteiger partial charge < -0.3 is 59.7 Å². The fraction of sp³-hybridized carbons (Fsp3) is 0.298. The number of aryl methyl sites for hydroxylation is 3. The number of hydrogen-bond acceptors (Lipinski definition) is 21. The van der Waals surface area contributed by atoms with Gasteiger partial charge in [0.15, 0.2) is 23.2 Å². The van der Waals surface area contributed by atoms with Crippen LogP contribution in [0.1, 0.15) is 93.1 Å². The molecular weight excluding hydrogens is 1640 g/mol. The number of nitrogens with one attached hydrogen (secondary N) is 1. The average Bonchev–Trinajstić information content (AvgIpc) is 1.70. The van der Waals surface area contributed by atoms with Crippen LogP contribution in [0.3, 0.4) is 0 Å². The molecule has 3 saturated heterocycles. The van der Waals surface area contributed by atoms with Crippen molar-refractivity contribution < 1.29 is 60.8 Å². The highest BCUT2D eigenvalue weighted by molar-refractivity contribution is 6.08. The van der Waals surface area contributed by atoms with Crippen molar-refractivity contribution in [2.75, 3.05) is 111 Å². The first-order valence-corrected chi connectivity index (χ1v) is 41.6. The number of benzene rings is 6. The number of aromatic hydroxyl groups is 3. The molecule has 127 heavy (non-hydrogen) atoms. The van der Waals surface area contributed by atoms with Gasteiger partial charge in [-0.2, -0.15) is 15.0 Å². The number of carbonyl (C=O) groups is 3. The number of phenols is 3. The minimum absolute atomic E-state index is 0.0324. The highest BCUT2D eigenvalue weighted by Crippen LogP contribution is 2.51. The number of ether oxygens (including phenoxy) is 1. The highest BCUT2D eigenvalue weighted by Gasteiger charge is 2.43. The fourth-order valence-electron chi connectivity index (χ4n) is 18.3. The zero-order chi connectivity index (χ0) is 90.5. The molecule has 0 bridgehead atoms. The minimum Gasteiger partial charge on any atom is -0.507 e. The number of phenolic OH excluding ortho intramolecular Hbond substituents is 3. The Hall–Kier alpha value is -14.4. The molecule has 0 saturated carbocycles. The Morgan fingerprint density at radius 2 is 0.811 bits per heavy atom. The lowest BCUT2D eigenvalue weighted by atomic mass is 9.98. The van der Waals surface area contributed by atoms with Gasteiger partial charge in [0.2, 0.25) is 17.7 Å². The van der Waals surface area contributed by atoms with Crippen LogP contribution in [0.15, 0.2) is 162 Å². The molecular formula is C94H91F6N17O10. The Balaban J connectivity index is 0.000000140. The number of anilines is 5. The normalized spacial score (nSPS) is 16.3. The first kappa shape index (κ1) is 86.1. The summed E-state index contributed by atoms with van der Waals surface area (Å²) in [5, 5.41) is 36.1. The van der Waals surface area contributed by atoms with E-state index >= 15 is 26.3 Å². The molecule has 12 heterocycles. The summed E-state index contributed by atoms with van der Waals surface area (Å²) < 4.78 is 106. The van der Waals surface area contributed by atoms with Crippen LogP contribution in [-0.2, 0) is 14.4 Å². The highest BCUT2D eigenvalue weighted by atomic mass is 19.1. The Morgan fingerprint density at radius 3 is 1.22 bits per heavy atom. The zero-order valence-electron chi connectivity index (χ0n) is 71.3. The summed E-state index contributed by atoms with van der Waals surface area (Å²) in [4.78, 5) is 119. The summed E-state index contributed by atoms with van der Waals surface area (Å²) >= 11 is 0. The van der Waals surface area contributed by atoms with Crippen LogP contribution in [0.2, 0.25) is 0 Å². The van der Waals surface area contributed by atoms with Gasteiger partial charge in [0.25, 0.3) is 0 Å². The Labute approximate surface area is 724 Å². The third kappa shape index (κ3) is 14.8. The molecule has 27 nitrogen and oxygen atoms in total. The van der Waals surface area contributed by atoms with Gasteiger partial charge in [-0.3, -0.25) is 43.0 Å². The van der Waals surface area contributed by atoms with Crippen LogP contribution in [0.5, 0.6) is 23.0 Å². The summed E-state index contributed by atoms with van der Waals surface area (Å²) in [6, 6.07) is 19.7. The van der Waals surface area contributed by atoms with E-state index in [0.717, 1.165) is 34.9 Å². The van der Waals surface area contributed by atoms with Crippen molar-refractivity contribution >= 4 is 79.3 Å². The third-order valence-corrected chi connectivity index (χ3v) is 24.3. The second-order valence-electron chi connectivity index (χ2n) is 33.1. The van der Waals surface area contributed by atoms with E-state index in [-0.39, 0.29) is 152 Å². The number of halogens is 6. The summed E-state index contributed by atoms with van der Waals surface area (Å²) in [7, 11) is 1.72. The predicted octanol–water partition coefficient (Wildman–Crippen LogP) is 13.5. The van der Waals surface area contributed by atoms with Crippen molar-refractivity contribution in [3.63, 3.8) is 0 Å². The number of carbonyl (C=O) groups excluding carboxylic acids is 3. The van der Waals surface area contributed by atoms with Crippen LogP contribution in [0, 0.1) is 55.7 Å². The Bertz CT molecular complexity index is 6490. The van der Waals surface area contributed by atoms with Gasteiger partial charge in [0.05, 0.1) is 113 Å². The van der Waals surface area contributed by atoms with E-state index in [1.54, 1.807) is 63.4 Å². The molecule has 3 unspecified atom stereocenters. The average molecular weight is 1730 g/mol. The third-order valence-electron chi connectivity index (χ3n) is 24.3. The van der Waals surface area contributed by atoms with Gasteiger partial charge in [-0.15, -0.1) is 0 Å². The number of rotatable bonds is 12. The number of nitrogens with zero attached hydrogens (tertiary/aromatic N) is 16. The molecule has 3 atom stereocenters. The van der Waals surface area contributed by atoms with Crippen molar-refractivity contribution in [1.29, 1.82) is 0 Å². The molecule has 0 aliphatic carbocycles. The molecule has 33 heteroatoms. The summed E-state index contributed by atoms with van der Waals surface area (Å²) in [6.07, 6.45) is 8.74. The topological polar surface area (TPSA) is 299 Å². The molecule has 12 aromatic rings. The zero-order valence-corrected chi connectivity index (χ0v) is 71.3. The minimum atomic E-state index is -0.901. The van der Waals surface area contributed by atoms with E-state index in [1.165, 1.54) is 86.5 Å². The molecule has 6 aliphatic heterocycles. The standard InChI is InChI=1S/C32H32F2N6O3.C31H30F2N6O3.C31H29F2N5O4/c1-6-24(42)38-12-13-39-19(16-38)15-37(5)30-26-22(14-20(27(30)34)25-21(33)8-7-9-23(25)41)40(32(43)36-31(26)39)29-18(4)10-11-35-28(29)17(2)3;1-5-23(41)37-11-12-38-18(15-37)14-35-28-25-21(13-19(26(28)33)24-20(32)7-6-8-22(24)40)39(31(42)36-30(25)38)29-17(4)9-10-34-27(29)16(2)3;1-5-23(40)36-11-12-37-18(14-36)15-42-29-25-21(13-19(26(29)33)24-20(32)7-6-8-22(24)39)38(31(41)35-30(25)37)28-17(4)9-10-34-27(28)16(2)3/h6-11,14,17,19,41H,1,12-13,15-16H2,2-5H3;5-10,13,16,18,35,40H,1,11-12,14-15H2,2-4H3;5-10,13,16,18,39H,1,11-12,14-15H2,2-4H3. The number of piperazine rings is 3. The molecule has 4 N–H and O–H groups in total. The molecule has 6 aromatic carbocycles. The number of hydrogen-bond donors (Lipinski definition) is 4. The number of amides is 3. The smallest absolute Gasteiger partial charge is 0.354 e. The van der Waals surface area contributed by atoms with Crippen LogP contribution in [0.4, 0.5) is 55.2 Å². The van der Waals surface area contributed by atoms with Crippen molar-refractivity contribution in [3.8, 4) is 73.4 Å². The fourth-order valence-corrected chi connectivity index (χ4v) is 18.3. The molecule has 3 fully saturated rings. The maximum atomic E-state index is 16.8. The molecule has 0 spiro atoms. The van der Waals surface area contributed by atoms with Gasteiger partial charge in [-0.05, 0) is 146 Å². The van der Waals surface area contributed by atoms with Crippen LogP contribution >= 0.6 is 0 Å². The van der Waals surface area contributed by atoms with Gasteiger partial charge in [-0.1, -0.05) is 79.5 Å². The number of aromatic nitrogens is 9. The van der Waals surface area contributed by atoms with Crippen molar-refractivity contribution in [2.45, 2.75) is 98.2 Å². The monoisotopic (exact) mass is 1730 g/mol. The molecule has 6 aromatic heterocycles. The second-order valence-corrected chi connectivity index (χ2v) is 33.1. The number of fused-ring (bicyclic) bond motifs is 6. The van der Waals surface area contributed by atoms with E-state index in [9.17, 15) is 44.1 Å². The van der Waals surface area contributed by atoms with E-state index in [4.69, 9.17) is 4.74 Å². The van der Waals surface area contributed by atoms with E-state index in [0.29, 0.717) is 109 Å². The van der Waals surface area contributed by atoms with Gasteiger partial charge >= 0.3 is 17.1 Å².